The summed E-state index contributed by atoms with van der Waals surface area (Å²) >= 11 is 6.34. The van der Waals surface area contributed by atoms with Crippen LogP contribution in [0.3, 0.4) is 0 Å². The van der Waals surface area contributed by atoms with E-state index in [2.05, 4.69) is 31.3 Å². The molecule has 0 spiro atoms. The van der Waals surface area contributed by atoms with Gasteiger partial charge >= 0.3 is 0 Å². The highest BCUT2D eigenvalue weighted by Gasteiger charge is 2.15. The van der Waals surface area contributed by atoms with Gasteiger partial charge < -0.3 is 9.73 Å². The van der Waals surface area contributed by atoms with Gasteiger partial charge in [-0.05, 0) is 52.5 Å². The molecule has 4 rings (SSSR count). The average molecular weight is 491 g/mol. The highest BCUT2D eigenvalue weighted by atomic mass is 79.9. The fourth-order valence-electron chi connectivity index (χ4n) is 2.67. The summed E-state index contributed by atoms with van der Waals surface area (Å²) in [5.74, 6) is -0.147. The number of hydrogen-bond donors (Lipinski definition) is 1. The molecule has 0 bridgehead atoms. The van der Waals surface area contributed by atoms with Gasteiger partial charge in [-0.2, -0.15) is 5.10 Å². The summed E-state index contributed by atoms with van der Waals surface area (Å²) < 4.78 is 7.04. The molecule has 10 heteroatoms. The van der Waals surface area contributed by atoms with Crippen molar-refractivity contribution in [2.45, 2.75) is 13.5 Å². The number of thiazole rings is 1. The summed E-state index contributed by atoms with van der Waals surface area (Å²) in [6, 6.07) is 10.4. The fourth-order valence-corrected chi connectivity index (χ4v) is 4.80. The van der Waals surface area contributed by atoms with Crippen molar-refractivity contribution < 1.29 is 9.21 Å². The van der Waals surface area contributed by atoms with E-state index in [9.17, 15) is 9.59 Å². The maximum Gasteiger partial charge on any atom is 0.287 e. The van der Waals surface area contributed by atoms with Crippen LogP contribution in [0.25, 0.3) is 20.5 Å². The predicted octanol–water partition coefficient (Wildman–Crippen LogP) is 4.19. The number of halogens is 1. The molecule has 29 heavy (non-hydrogen) atoms. The molecule has 4 aromatic rings. The summed E-state index contributed by atoms with van der Waals surface area (Å²) in [4.78, 5) is 30.9. The maximum absolute atomic E-state index is 12.2. The topological polar surface area (TPSA) is 90.0 Å². The van der Waals surface area contributed by atoms with Crippen molar-refractivity contribution in [3.63, 3.8) is 0 Å². The number of hydrogen-bond acceptors (Lipinski definition) is 7. The third-order valence-electron chi connectivity index (χ3n) is 4.03. The molecule has 0 saturated heterocycles. The maximum atomic E-state index is 12.2. The molecule has 4 aromatic heterocycles. The van der Waals surface area contributed by atoms with Gasteiger partial charge in [0.15, 0.2) is 10.4 Å². The van der Waals surface area contributed by atoms with Crippen LogP contribution >= 0.6 is 38.6 Å². The van der Waals surface area contributed by atoms with Crippen LogP contribution < -0.4 is 10.9 Å². The van der Waals surface area contributed by atoms with E-state index in [1.807, 2.05) is 24.4 Å². The number of aromatic nitrogens is 3. The quantitative estimate of drug-likeness (QED) is 0.437. The van der Waals surface area contributed by atoms with Gasteiger partial charge in [0.05, 0.1) is 22.0 Å². The van der Waals surface area contributed by atoms with Crippen LogP contribution in [0.5, 0.6) is 0 Å². The van der Waals surface area contributed by atoms with Crippen molar-refractivity contribution >= 4 is 44.5 Å². The number of aryl methyl sites for hydroxylation is 1. The Morgan fingerprint density at radius 3 is 2.86 bits per heavy atom. The number of carbonyl (C=O) groups excluding carboxylic acids is 1. The van der Waals surface area contributed by atoms with E-state index >= 15 is 0 Å². The average Bonchev–Trinajstić information content (AvgIpc) is 3.44. The number of nitrogens with zero attached hydrogens (tertiary/aromatic N) is 3. The molecule has 148 valence electrons. The van der Waals surface area contributed by atoms with Gasteiger partial charge in [0.2, 0.25) is 0 Å². The highest BCUT2D eigenvalue weighted by Crippen LogP contribution is 2.35. The van der Waals surface area contributed by atoms with Gasteiger partial charge in [-0.1, -0.05) is 6.07 Å². The molecule has 0 radical (unpaired) electrons. The van der Waals surface area contributed by atoms with Crippen LogP contribution in [0.4, 0.5) is 0 Å². The Kier molecular flexibility index (Phi) is 5.74. The first-order valence-corrected chi connectivity index (χ1v) is 11.1. The van der Waals surface area contributed by atoms with Crippen molar-refractivity contribution in [3.8, 4) is 20.5 Å². The van der Waals surface area contributed by atoms with Crippen molar-refractivity contribution in [1.29, 1.82) is 0 Å². The lowest BCUT2D eigenvalue weighted by atomic mass is 10.3. The minimum Gasteiger partial charge on any atom is -0.444 e. The van der Waals surface area contributed by atoms with Crippen molar-refractivity contribution in [1.82, 2.24) is 20.1 Å². The lowest BCUT2D eigenvalue weighted by molar-refractivity contribution is 0.0923. The largest absolute Gasteiger partial charge is 0.444 e. The van der Waals surface area contributed by atoms with Crippen molar-refractivity contribution in [3.05, 3.63) is 68.3 Å². The summed E-state index contributed by atoms with van der Waals surface area (Å²) in [5, 5.41) is 10.1. The van der Waals surface area contributed by atoms with Crippen LogP contribution in [0, 0.1) is 6.92 Å². The fraction of sp³-hybridized carbons (Fsp3) is 0.158. The minimum absolute atomic E-state index is 0.201. The molecule has 0 saturated carbocycles. The molecule has 0 unspecified atom stereocenters. The molecule has 0 aliphatic heterocycles. The van der Waals surface area contributed by atoms with Gasteiger partial charge in [-0.15, -0.1) is 22.7 Å². The van der Waals surface area contributed by atoms with E-state index in [4.69, 9.17) is 4.42 Å². The summed E-state index contributed by atoms with van der Waals surface area (Å²) in [6.45, 7) is 2.42. The second kappa shape index (κ2) is 8.44. The van der Waals surface area contributed by atoms with E-state index in [1.165, 1.54) is 10.7 Å². The first kappa shape index (κ1) is 19.7. The zero-order valence-electron chi connectivity index (χ0n) is 15.2. The molecule has 1 amide bonds. The van der Waals surface area contributed by atoms with Gasteiger partial charge in [-0.3, -0.25) is 9.59 Å². The number of carbonyl (C=O) groups is 1. The van der Waals surface area contributed by atoms with Crippen LogP contribution in [0.2, 0.25) is 0 Å². The number of amides is 1. The highest BCUT2D eigenvalue weighted by molar-refractivity contribution is 9.10. The third kappa shape index (κ3) is 4.39. The zero-order valence-corrected chi connectivity index (χ0v) is 18.4. The van der Waals surface area contributed by atoms with E-state index in [1.54, 1.807) is 40.9 Å². The molecule has 0 aliphatic rings. The summed E-state index contributed by atoms with van der Waals surface area (Å²) in [6.07, 6.45) is 0. The van der Waals surface area contributed by atoms with Crippen LogP contribution in [-0.2, 0) is 6.54 Å². The molecule has 4 heterocycles. The predicted molar refractivity (Wildman–Crippen MR) is 116 cm³/mol. The van der Waals surface area contributed by atoms with Crippen LogP contribution in [0.1, 0.15) is 16.2 Å². The van der Waals surface area contributed by atoms with E-state index < -0.39 is 0 Å². The monoisotopic (exact) mass is 490 g/mol. The molecule has 0 aromatic carbocycles. The Labute approximate surface area is 182 Å². The van der Waals surface area contributed by atoms with Crippen molar-refractivity contribution in [2.75, 3.05) is 6.54 Å². The van der Waals surface area contributed by atoms with Crippen LogP contribution in [0.15, 0.2) is 55.7 Å². The second-order valence-electron chi connectivity index (χ2n) is 6.05. The first-order chi connectivity index (χ1) is 14.0. The molecule has 1 N–H and O–H groups in total. The standard InChI is InChI=1S/C19H15BrN4O3S2/c1-11-17(29-19(22-11)14-3-2-10-28-14)12-4-7-16(25)24(23-12)9-8-21-18(26)13-5-6-15(20)27-13/h2-7,10H,8-9H2,1H3,(H,21,26). The lowest BCUT2D eigenvalue weighted by Crippen LogP contribution is -2.31. The van der Waals surface area contributed by atoms with Gasteiger partial charge in [0.25, 0.3) is 11.5 Å². The molecular weight excluding hydrogens is 476 g/mol. The Hall–Kier alpha value is -2.56. The smallest absolute Gasteiger partial charge is 0.287 e. The van der Waals surface area contributed by atoms with E-state index in [0.717, 1.165) is 20.5 Å². The van der Waals surface area contributed by atoms with Gasteiger partial charge in [-0.25, -0.2) is 9.67 Å². The number of furan rings is 1. The summed E-state index contributed by atoms with van der Waals surface area (Å²) in [5.41, 5.74) is 1.32. The second-order valence-corrected chi connectivity index (χ2v) is 8.78. The molecule has 0 atom stereocenters. The molecule has 7 nitrogen and oxygen atoms in total. The zero-order chi connectivity index (χ0) is 20.4. The van der Waals surface area contributed by atoms with Crippen LogP contribution in [-0.4, -0.2) is 27.2 Å². The Bertz CT molecular complexity index is 1210. The molecule has 0 fully saturated rings. The van der Waals surface area contributed by atoms with E-state index in [-0.39, 0.29) is 30.3 Å². The van der Waals surface area contributed by atoms with Gasteiger partial charge in [0, 0.05) is 12.6 Å². The minimum atomic E-state index is -0.348. The van der Waals surface area contributed by atoms with Crippen molar-refractivity contribution in [2.24, 2.45) is 0 Å². The first-order valence-electron chi connectivity index (χ1n) is 8.64. The third-order valence-corrected chi connectivity index (χ3v) is 6.68. The molecule has 0 aliphatic carbocycles. The number of rotatable bonds is 6. The number of thiophene rings is 1. The Balaban J connectivity index is 1.49. The Morgan fingerprint density at radius 2 is 2.14 bits per heavy atom. The lowest BCUT2D eigenvalue weighted by Gasteiger charge is -2.07. The van der Waals surface area contributed by atoms with E-state index in [0.29, 0.717) is 10.4 Å². The normalized spacial score (nSPS) is 11.0. The summed E-state index contributed by atoms with van der Waals surface area (Å²) in [7, 11) is 0. The van der Waals surface area contributed by atoms with Gasteiger partial charge in [0.1, 0.15) is 10.7 Å². The SMILES string of the molecule is Cc1nc(-c2cccs2)sc1-c1ccc(=O)n(CCNC(=O)c2ccc(Br)o2)n1. The molecular formula is C19H15BrN4O3S2. The Morgan fingerprint density at radius 1 is 1.28 bits per heavy atom. The number of nitrogens with one attached hydrogen (secondary N) is 1.